The zero-order chi connectivity index (χ0) is 42.0. The fourth-order valence-electron chi connectivity index (χ4n) is 9.20. The van der Waals surface area contributed by atoms with Gasteiger partial charge in [0, 0.05) is 17.1 Å². The maximum absolute atomic E-state index is 2.41. The summed E-state index contributed by atoms with van der Waals surface area (Å²) in [5.41, 5.74) is 17.5. The zero-order valence-electron chi connectivity index (χ0n) is 34.8. The van der Waals surface area contributed by atoms with Gasteiger partial charge in [-0.25, -0.2) is 0 Å². The molecule has 1 heteroatoms. The molecular weight excluding hydrogens is 759 g/mol. The van der Waals surface area contributed by atoms with E-state index in [1.807, 2.05) is 0 Å². The van der Waals surface area contributed by atoms with Gasteiger partial charge in [-0.15, -0.1) is 0 Å². The fourth-order valence-corrected chi connectivity index (χ4v) is 9.20. The van der Waals surface area contributed by atoms with Gasteiger partial charge in [-0.1, -0.05) is 212 Å². The fraction of sp³-hybridized carbons (Fsp3) is 0. The first-order valence-electron chi connectivity index (χ1n) is 21.7. The normalized spacial score (nSPS) is 11.2. The Morgan fingerprint density at radius 2 is 0.635 bits per heavy atom. The molecule has 0 aromatic heterocycles. The summed E-state index contributed by atoms with van der Waals surface area (Å²) in [5.74, 6) is 0. The molecule has 0 aliphatic carbocycles. The average Bonchev–Trinajstić information content (AvgIpc) is 3.37. The summed E-state index contributed by atoms with van der Waals surface area (Å²) in [7, 11) is 0. The Hall–Kier alpha value is -8.26. The van der Waals surface area contributed by atoms with E-state index in [0.29, 0.717) is 0 Å². The molecule has 0 heterocycles. The molecule has 1 nitrogen and oxygen atoms in total. The predicted octanol–water partition coefficient (Wildman–Crippen LogP) is 17.5. The van der Waals surface area contributed by atoms with Crippen LogP contribution in [-0.4, -0.2) is 0 Å². The van der Waals surface area contributed by atoms with Crippen molar-refractivity contribution < 1.29 is 0 Å². The van der Waals surface area contributed by atoms with E-state index in [2.05, 4.69) is 266 Å². The van der Waals surface area contributed by atoms with E-state index >= 15 is 0 Å². The van der Waals surface area contributed by atoms with Gasteiger partial charge in [0.05, 0.1) is 0 Å². The number of hydrogen-bond acceptors (Lipinski definition) is 1. The minimum atomic E-state index is 1.08. The summed E-state index contributed by atoms with van der Waals surface area (Å²) >= 11 is 0. The first kappa shape index (κ1) is 37.7. The summed E-state index contributed by atoms with van der Waals surface area (Å²) in [4.78, 5) is 2.41. The van der Waals surface area contributed by atoms with Crippen molar-refractivity contribution >= 4 is 38.6 Å². The van der Waals surface area contributed by atoms with E-state index in [0.717, 1.165) is 22.6 Å². The van der Waals surface area contributed by atoms with Crippen LogP contribution < -0.4 is 4.90 Å². The molecule has 0 N–H and O–H groups in total. The number of fused-ring (bicyclic) bond motifs is 3. The summed E-state index contributed by atoms with van der Waals surface area (Å²) in [5, 5.41) is 5.04. The molecule has 0 fully saturated rings. The Morgan fingerprint density at radius 1 is 0.190 bits per heavy atom. The quantitative estimate of drug-likeness (QED) is 0.131. The van der Waals surface area contributed by atoms with Crippen LogP contribution in [0.4, 0.5) is 17.1 Å². The summed E-state index contributed by atoms with van der Waals surface area (Å²) in [6.45, 7) is 0. The van der Waals surface area contributed by atoms with Crippen LogP contribution in [0.25, 0.3) is 88.3 Å². The van der Waals surface area contributed by atoms with Crippen LogP contribution in [0.15, 0.2) is 261 Å². The highest BCUT2D eigenvalue weighted by Crippen LogP contribution is 2.44. The lowest BCUT2D eigenvalue weighted by Crippen LogP contribution is -2.10. The van der Waals surface area contributed by atoms with E-state index in [1.165, 1.54) is 82.7 Å². The van der Waals surface area contributed by atoms with Gasteiger partial charge in [0.15, 0.2) is 0 Å². The zero-order valence-corrected chi connectivity index (χ0v) is 34.8. The monoisotopic (exact) mass is 801 g/mol. The summed E-state index contributed by atoms with van der Waals surface area (Å²) in [6, 6.07) is 94.7. The van der Waals surface area contributed by atoms with Crippen LogP contribution in [0.3, 0.4) is 0 Å². The van der Waals surface area contributed by atoms with Crippen LogP contribution >= 0.6 is 0 Å². The van der Waals surface area contributed by atoms with Crippen molar-refractivity contribution in [3.05, 3.63) is 261 Å². The van der Waals surface area contributed by atoms with Gasteiger partial charge in [0.1, 0.15) is 0 Å². The third-order valence-electron chi connectivity index (χ3n) is 12.3. The molecule has 0 spiro atoms. The van der Waals surface area contributed by atoms with Crippen molar-refractivity contribution in [1.82, 2.24) is 0 Å². The molecular formula is C62H43N. The lowest BCUT2D eigenvalue weighted by atomic mass is 9.90. The minimum Gasteiger partial charge on any atom is -0.310 e. The highest BCUT2D eigenvalue weighted by Gasteiger charge is 2.19. The number of anilines is 3. The molecule has 11 aromatic carbocycles. The van der Waals surface area contributed by atoms with E-state index in [4.69, 9.17) is 0 Å². The maximum atomic E-state index is 2.41. The van der Waals surface area contributed by atoms with Gasteiger partial charge in [-0.2, -0.15) is 0 Å². The van der Waals surface area contributed by atoms with Gasteiger partial charge >= 0.3 is 0 Å². The first-order valence-corrected chi connectivity index (χ1v) is 21.7. The Morgan fingerprint density at radius 3 is 1.29 bits per heavy atom. The first-order chi connectivity index (χ1) is 31.2. The second-order valence-electron chi connectivity index (χ2n) is 16.1. The molecule has 11 aromatic rings. The Balaban J connectivity index is 1.10. The van der Waals surface area contributed by atoms with E-state index < -0.39 is 0 Å². The van der Waals surface area contributed by atoms with Crippen LogP contribution in [0.2, 0.25) is 0 Å². The predicted molar refractivity (Wildman–Crippen MR) is 269 cm³/mol. The van der Waals surface area contributed by atoms with Gasteiger partial charge in [-0.3, -0.25) is 0 Å². The standard InChI is InChI=1S/C62H43N/c1-5-18-44(19-6-1)49-34-38-56(45-20-7-2-8-21-45)61(41-49)50-27-17-28-53(40-50)63(54-37-39-57(46-22-9-3-10-23-46)62(43-54)47-24-11-4-12-25-47)52-35-32-48(33-36-52)60-42-51-26-13-14-29-55(51)58-30-15-16-31-59(58)60/h1-43H. The van der Waals surface area contributed by atoms with Crippen molar-refractivity contribution in [2.45, 2.75) is 0 Å². The average molecular weight is 802 g/mol. The molecule has 0 unspecified atom stereocenters. The topological polar surface area (TPSA) is 3.24 Å². The molecule has 0 radical (unpaired) electrons. The van der Waals surface area contributed by atoms with Crippen LogP contribution in [0.1, 0.15) is 0 Å². The van der Waals surface area contributed by atoms with E-state index in [9.17, 15) is 0 Å². The van der Waals surface area contributed by atoms with Crippen LogP contribution in [-0.2, 0) is 0 Å². The second-order valence-corrected chi connectivity index (χ2v) is 16.1. The Labute approximate surface area is 369 Å². The lowest BCUT2D eigenvalue weighted by molar-refractivity contribution is 1.28. The smallest absolute Gasteiger partial charge is 0.0468 e. The van der Waals surface area contributed by atoms with Crippen LogP contribution in [0, 0.1) is 0 Å². The van der Waals surface area contributed by atoms with E-state index in [1.54, 1.807) is 0 Å². The number of benzene rings is 11. The van der Waals surface area contributed by atoms with Crippen molar-refractivity contribution in [2.24, 2.45) is 0 Å². The van der Waals surface area contributed by atoms with Gasteiger partial charge < -0.3 is 4.90 Å². The minimum absolute atomic E-state index is 1.08. The third-order valence-corrected chi connectivity index (χ3v) is 12.3. The van der Waals surface area contributed by atoms with Crippen molar-refractivity contribution in [3.63, 3.8) is 0 Å². The third kappa shape index (κ3) is 7.37. The molecule has 0 amide bonds. The van der Waals surface area contributed by atoms with Crippen molar-refractivity contribution in [2.75, 3.05) is 4.90 Å². The molecule has 0 aliphatic rings. The van der Waals surface area contributed by atoms with Gasteiger partial charge in [0.2, 0.25) is 0 Å². The van der Waals surface area contributed by atoms with Crippen LogP contribution in [0.5, 0.6) is 0 Å². The Bertz CT molecular complexity index is 3360. The summed E-state index contributed by atoms with van der Waals surface area (Å²) in [6.07, 6.45) is 0. The molecule has 11 rings (SSSR count). The Kier molecular flexibility index (Phi) is 9.97. The maximum Gasteiger partial charge on any atom is 0.0468 e. The largest absolute Gasteiger partial charge is 0.310 e. The lowest BCUT2D eigenvalue weighted by Gasteiger charge is -2.28. The highest BCUT2D eigenvalue weighted by atomic mass is 15.1. The van der Waals surface area contributed by atoms with Gasteiger partial charge in [-0.05, 0) is 137 Å². The molecule has 0 saturated heterocycles. The van der Waals surface area contributed by atoms with Crippen molar-refractivity contribution in [1.29, 1.82) is 0 Å². The molecule has 63 heavy (non-hydrogen) atoms. The molecule has 0 saturated carbocycles. The summed E-state index contributed by atoms with van der Waals surface area (Å²) < 4.78 is 0. The van der Waals surface area contributed by atoms with Gasteiger partial charge in [0.25, 0.3) is 0 Å². The number of hydrogen-bond donors (Lipinski definition) is 0. The number of nitrogens with zero attached hydrogens (tertiary/aromatic N) is 1. The SMILES string of the molecule is c1ccc(-c2ccc(-c3ccccc3)c(-c3cccc(N(c4ccc(-c5cc6ccccc6c6ccccc56)cc4)c4ccc(-c5ccccc5)c(-c5ccccc5)c4)c3)c2)cc1. The van der Waals surface area contributed by atoms with E-state index in [-0.39, 0.29) is 0 Å². The molecule has 296 valence electrons. The molecule has 0 atom stereocenters. The van der Waals surface area contributed by atoms with Crippen molar-refractivity contribution in [3.8, 4) is 66.8 Å². The second kappa shape index (κ2) is 16.7. The highest BCUT2D eigenvalue weighted by molar-refractivity contribution is 6.13. The molecule has 0 bridgehead atoms. The number of rotatable bonds is 9. The molecule has 0 aliphatic heterocycles.